The van der Waals surface area contributed by atoms with Gasteiger partial charge in [-0.2, -0.15) is 0 Å². The zero-order valence-corrected chi connectivity index (χ0v) is 13.6. The van der Waals surface area contributed by atoms with Crippen LogP contribution in [0.2, 0.25) is 0 Å². The summed E-state index contributed by atoms with van der Waals surface area (Å²) in [7, 11) is 0. The molecule has 1 aliphatic rings. The van der Waals surface area contributed by atoms with Crippen molar-refractivity contribution in [1.82, 2.24) is 5.16 Å². The number of hydrogen-bond acceptors (Lipinski definition) is 4. The number of aromatic nitrogens is 1. The third kappa shape index (κ3) is 2.47. The highest BCUT2D eigenvalue weighted by atomic mass is 32.1. The van der Waals surface area contributed by atoms with Crippen LogP contribution < -0.4 is 5.32 Å². The van der Waals surface area contributed by atoms with Gasteiger partial charge in [-0.15, -0.1) is 11.3 Å². The number of carbonyl (C=O) groups excluding carboxylic acids is 1. The van der Waals surface area contributed by atoms with Crippen molar-refractivity contribution < 1.29 is 9.32 Å². The smallest absolute Gasteiger partial charge is 0.278 e. The van der Waals surface area contributed by atoms with E-state index in [-0.39, 0.29) is 5.91 Å². The van der Waals surface area contributed by atoms with Gasteiger partial charge >= 0.3 is 0 Å². The molecule has 1 aromatic carbocycles. The van der Waals surface area contributed by atoms with E-state index >= 15 is 0 Å². The van der Waals surface area contributed by atoms with E-state index in [1.807, 2.05) is 30.3 Å². The third-order valence-electron chi connectivity index (χ3n) is 4.22. The second kappa shape index (κ2) is 5.66. The summed E-state index contributed by atoms with van der Waals surface area (Å²) >= 11 is 1.72. The molecule has 0 aliphatic heterocycles. The average Bonchev–Trinajstić information content (AvgIpc) is 3.21. The molecule has 2 heterocycles. The second-order valence-electron chi connectivity index (χ2n) is 5.60. The van der Waals surface area contributed by atoms with E-state index < -0.39 is 0 Å². The first-order valence-corrected chi connectivity index (χ1v) is 8.60. The zero-order chi connectivity index (χ0) is 15.8. The monoisotopic (exact) mass is 324 g/mol. The predicted molar refractivity (Wildman–Crippen MR) is 91.0 cm³/mol. The van der Waals surface area contributed by atoms with Crippen LogP contribution >= 0.6 is 11.3 Å². The van der Waals surface area contributed by atoms with Crippen molar-refractivity contribution >= 4 is 22.9 Å². The molecule has 0 saturated heterocycles. The molecular formula is C18H16N2O2S. The van der Waals surface area contributed by atoms with Crippen molar-refractivity contribution in [3.8, 4) is 11.3 Å². The number of anilines is 1. The van der Waals surface area contributed by atoms with Crippen LogP contribution in [0, 0.1) is 0 Å². The summed E-state index contributed by atoms with van der Waals surface area (Å²) in [5.41, 5.74) is 4.41. The summed E-state index contributed by atoms with van der Waals surface area (Å²) in [6.45, 7) is 2.11. The number of fused-ring (bicyclic) bond motifs is 3. The van der Waals surface area contributed by atoms with Crippen LogP contribution in [0.4, 0.5) is 5.69 Å². The van der Waals surface area contributed by atoms with E-state index in [0.717, 1.165) is 41.8 Å². The van der Waals surface area contributed by atoms with Crippen molar-refractivity contribution in [2.75, 3.05) is 5.32 Å². The summed E-state index contributed by atoms with van der Waals surface area (Å²) < 4.78 is 5.46. The van der Waals surface area contributed by atoms with E-state index in [1.165, 1.54) is 10.4 Å². The molecule has 3 aromatic rings. The van der Waals surface area contributed by atoms with Gasteiger partial charge in [0, 0.05) is 21.7 Å². The molecule has 4 rings (SSSR count). The van der Waals surface area contributed by atoms with Crippen molar-refractivity contribution in [1.29, 1.82) is 0 Å². The largest absolute Gasteiger partial charge is 0.355 e. The molecule has 5 heteroatoms. The Labute approximate surface area is 138 Å². The lowest BCUT2D eigenvalue weighted by Crippen LogP contribution is -2.15. The molecule has 0 bridgehead atoms. The maximum absolute atomic E-state index is 12.5. The quantitative estimate of drug-likeness (QED) is 0.781. The van der Waals surface area contributed by atoms with E-state index in [2.05, 4.69) is 22.8 Å². The normalized spacial score (nSPS) is 12.6. The minimum absolute atomic E-state index is 0.210. The molecule has 0 unspecified atom stereocenters. The lowest BCUT2D eigenvalue weighted by atomic mass is 9.95. The molecule has 0 fully saturated rings. The summed E-state index contributed by atoms with van der Waals surface area (Å²) in [4.78, 5) is 13.8. The lowest BCUT2D eigenvalue weighted by molar-refractivity contribution is 0.101. The first kappa shape index (κ1) is 14.2. The van der Waals surface area contributed by atoms with Gasteiger partial charge in [0.1, 0.15) is 0 Å². The summed E-state index contributed by atoms with van der Waals surface area (Å²) in [6.07, 6.45) is 2.71. The number of rotatable bonds is 3. The minimum atomic E-state index is -0.210. The standard InChI is InChI=1S/C18H16N2O2S/c1-2-11-3-5-12(6-4-11)19-18(21)16-14-7-8-15-13(9-10-23-15)17(14)22-20-16/h3-6,9-10H,2,7-8H2,1H3,(H,19,21). The van der Waals surface area contributed by atoms with Gasteiger partial charge in [-0.25, -0.2) is 0 Å². The van der Waals surface area contributed by atoms with Gasteiger partial charge in [0.15, 0.2) is 11.5 Å². The van der Waals surface area contributed by atoms with Crippen LogP contribution in [0.25, 0.3) is 11.3 Å². The van der Waals surface area contributed by atoms with Gasteiger partial charge in [0.05, 0.1) is 0 Å². The Morgan fingerprint density at radius 2 is 2.09 bits per heavy atom. The molecule has 1 aliphatic carbocycles. The van der Waals surface area contributed by atoms with Gasteiger partial charge in [-0.1, -0.05) is 24.2 Å². The fourth-order valence-corrected chi connectivity index (χ4v) is 3.80. The molecular weight excluding hydrogens is 308 g/mol. The molecule has 23 heavy (non-hydrogen) atoms. The highest BCUT2D eigenvalue weighted by Crippen LogP contribution is 2.38. The fourth-order valence-electron chi connectivity index (χ4n) is 2.92. The number of nitrogens with one attached hydrogen (secondary N) is 1. The first-order valence-electron chi connectivity index (χ1n) is 7.72. The van der Waals surface area contributed by atoms with E-state index in [1.54, 1.807) is 11.3 Å². The van der Waals surface area contributed by atoms with Gasteiger partial charge in [-0.05, 0) is 48.4 Å². The molecule has 0 saturated carbocycles. The Morgan fingerprint density at radius 1 is 1.26 bits per heavy atom. The highest BCUT2D eigenvalue weighted by Gasteiger charge is 2.28. The Bertz CT molecular complexity index is 862. The van der Waals surface area contributed by atoms with E-state index in [0.29, 0.717) is 5.69 Å². The molecule has 4 nitrogen and oxygen atoms in total. The van der Waals surface area contributed by atoms with Gasteiger partial charge in [-0.3, -0.25) is 4.79 Å². The van der Waals surface area contributed by atoms with Gasteiger partial charge in [0.25, 0.3) is 5.91 Å². The number of benzene rings is 1. The molecule has 1 N–H and O–H groups in total. The van der Waals surface area contributed by atoms with E-state index in [9.17, 15) is 4.79 Å². The zero-order valence-electron chi connectivity index (χ0n) is 12.8. The SMILES string of the molecule is CCc1ccc(NC(=O)c2noc3c2CCc2sccc2-3)cc1. The fraction of sp³-hybridized carbons (Fsp3) is 0.222. The maximum atomic E-state index is 12.5. The number of carbonyl (C=O) groups is 1. The van der Waals surface area contributed by atoms with Crippen molar-refractivity contribution in [3.63, 3.8) is 0 Å². The topological polar surface area (TPSA) is 55.1 Å². The molecule has 2 aromatic heterocycles. The van der Waals surface area contributed by atoms with Gasteiger partial charge in [0.2, 0.25) is 0 Å². The first-order chi connectivity index (χ1) is 11.3. The van der Waals surface area contributed by atoms with Crippen LogP contribution in [-0.2, 0) is 19.3 Å². The Morgan fingerprint density at radius 3 is 2.87 bits per heavy atom. The van der Waals surface area contributed by atoms with E-state index in [4.69, 9.17) is 4.52 Å². The van der Waals surface area contributed by atoms with Crippen molar-refractivity contribution in [3.05, 3.63) is 57.4 Å². The minimum Gasteiger partial charge on any atom is -0.355 e. The molecule has 0 spiro atoms. The summed E-state index contributed by atoms with van der Waals surface area (Å²) in [5.74, 6) is 0.539. The number of aryl methyl sites for hydroxylation is 2. The Balaban J connectivity index is 1.60. The lowest BCUT2D eigenvalue weighted by Gasteiger charge is -2.10. The predicted octanol–water partition coefficient (Wildman–Crippen LogP) is 4.32. The molecule has 0 atom stereocenters. The third-order valence-corrected chi connectivity index (χ3v) is 5.20. The van der Waals surface area contributed by atoms with Gasteiger partial charge < -0.3 is 9.84 Å². The van der Waals surface area contributed by atoms with Crippen LogP contribution in [0.1, 0.15) is 33.4 Å². The molecule has 0 radical (unpaired) electrons. The Kier molecular flexibility index (Phi) is 3.50. The maximum Gasteiger partial charge on any atom is 0.278 e. The summed E-state index contributed by atoms with van der Waals surface area (Å²) in [5, 5.41) is 8.98. The Hall–Kier alpha value is -2.40. The number of hydrogen-bond donors (Lipinski definition) is 1. The van der Waals surface area contributed by atoms with Crippen LogP contribution in [-0.4, -0.2) is 11.1 Å². The second-order valence-corrected chi connectivity index (χ2v) is 6.60. The number of thiophene rings is 1. The number of amides is 1. The van der Waals surface area contributed by atoms with Crippen molar-refractivity contribution in [2.45, 2.75) is 26.2 Å². The molecule has 1 amide bonds. The summed E-state index contributed by atoms with van der Waals surface area (Å²) in [6, 6.07) is 9.91. The van der Waals surface area contributed by atoms with Crippen molar-refractivity contribution in [2.24, 2.45) is 0 Å². The molecule has 116 valence electrons. The highest BCUT2D eigenvalue weighted by molar-refractivity contribution is 7.10. The number of nitrogens with zero attached hydrogens (tertiary/aromatic N) is 1. The van der Waals surface area contributed by atoms with Crippen LogP contribution in [0.5, 0.6) is 0 Å². The van der Waals surface area contributed by atoms with Crippen LogP contribution in [0.15, 0.2) is 40.2 Å². The average molecular weight is 324 g/mol. The van der Waals surface area contributed by atoms with Crippen LogP contribution in [0.3, 0.4) is 0 Å².